The Morgan fingerprint density at radius 3 is 2.93 bits per heavy atom. The minimum absolute atomic E-state index is 0.00273. The van der Waals surface area contributed by atoms with Crippen LogP contribution >= 0.6 is 0 Å². The lowest BCUT2D eigenvalue weighted by Crippen LogP contribution is -2.22. The first kappa shape index (κ1) is 10.7. The number of carbonyl (C=O) groups is 1. The van der Waals surface area contributed by atoms with Crippen LogP contribution in [-0.2, 0) is 11.8 Å². The van der Waals surface area contributed by atoms with Crippen molar-refractivity contribution in [1.29, 1.82) is 0 Å². The van der Waals surface area contributed by atoms with Crippen molar-refractivity contribution in [2.45, 2.75) is 26.7 Å². The van der Waals surface area contributed by atoms with E-state index in [1.807, 2.05) is 6.92 Å². The summed E-state index contributed by atoms with van der Waals surface area (Å²) in [6.07, 6.45) is 3.32. The van der Waals surface area contributed by atoms with Crippen LogP contribution < -0.4 is 5.32 Å². The van der Waals surface area contributed by atoms with Gasteiger partial charge in [-0.15, -0.1) is 0 Å². The first-order valence-corrected chi connectivity index (χ1v) is 4.80. The van der Waals surface area contributed by atoms with E-state index in [0.29, 0.717) is 5.95 Å². The van der Waals surface area contributed by atoms with Crippen molar-refractivity contribution in [3.63, 3.8) is 0 Å². The average Bonchev–Trinajstić information content (AvgIpc) is 2.52. The number of amides is 1. The SMILES string of the molecule is CCCC(C)C(=O)Nc1ncnn1C. The maximum atomic E-state index is 11.6. The molecule has 1 aromatic heterocycles. The van der Waals surface area contributed by atoms with Gasteiger partial charge < -0.3 is 0 Å². The number of hydrogen-bond acceptors (Lipinski definition) is 3. The normalized spacial score (nSPS) is 12.5. The van der Waals surface area contributed by atoms with E-state index in [9.17, 15) is 4.79 Å². The molecule has 1 rings (SSSR count). The van der Waals surface area contributed by atoms with Crippen LogP contribution in [0.25, 0.3) is 0 Å². The molecule has 0 aliphatic heterocycles. The zero-order chi connectivity index (χ0) is 10.6. The van der Waals surface area contributed by atoms with Crippen LogP contribution in [0.1, 0.15) is 26.7 Å². The standard InChI is InChI=1S/C9H16N4O/c1-4-5-7(2)8(14)12-9-10-6-11-13(9)3/h6-7H,4-5H2,1-3H3,(H,10,11,12,14). The fourth-order valence-electron chi connectivity index (χ4n) is 1.21. The lowest BCUT2D eigenvalue weighted by atomic mass is 10.1. The van der Waals surface area contributed by atoms with Crippen molar-refractivity contribution in [1.82, 2.24) is 14.8 Å². The summed E-state index contributed by atoms with van der Waals surface area (Å²) in [4.78, 5) is 15.5. The average molecular weight is 196 g/mol. The lowest BCUT2D eigenvalue weighted by molar-refractivity contribution is -0.119. The Morgan fingerprint density at radius 2 is 2.43 bits per heavy atom. The molecule has 0 fully saturated rings. The van der Waals surface area contributed by atoms with Crippen molar-refractivity contribution in [3.05, 3.63) is 6.33 Å². The van der Waals surface area contributed by atoms with Gasteiger partial charge in [0.15, 0.2) is 0 Å². The second-order valence-electron chi connectivity index (χ2n) is 3.39. The molecule has 0 aromatic carbocycles. The van der Waals surface area contributed by atoms with E-state index >= 15 is 0 Å². The van der Waals surface area contributed by atoms with Gasteiger partial charge in [-0.05, 0) is 6.42 Å². The Morgan fingerprint density at radius 1 is 1.71 bits per heavy atom. The highest BCUT2D eigenvalue weighted by Crippen LogP contribution is 2.08. The summed E-state index contributed by atoms with van der Waals surface area (Å²) >= 11 is 0. The lowest BCUT2D eigenvalue weighted by Gasteiger charge is -2.09. The summed E-state index contributed by atoms with van der Waals surface area (Å²) in [5.41, 5.74) is 0. The van der Waals surface area contributed by atoms with Gasteiger partial charge >= 0.3 is 0 Å². The molecule has 1 aromatic rings. The molecule has 0 saturated heterocycles. The second-order valence-corrected chi connectivity index (χ2v) is 3.39. The summed E-state index contributed by atoms with van der Waals surface area (Å²) in [7, 11) is 1.74. The van der Waals surface area contributed by atoms with E-state index in [-0.39, 0.29) is 11.8 Å². The topological polar surface area (TPSA) is 59.8 Å². The first-order chi connectivity index (χ1) is 6.65. The van der Waals surface area contributed by atoms with Gasteiger partial charge in [-0.2, -0.15) is 10.1 Å². The molecule has 78 valence electrons. The number of carbonyl (C=O) groups excluding carboxylic acids is 1. The quantitative estimate of drug-likeness (QED) is 0.786. The molecule has 1 heterocycles. The molecular formula is C9H16N4O. The van der Waals surface area contributed by atoms with E-state index in [2.05, 4.69) is 22.3 Å². The Balaban J connectivity index is 2.53. The first-order valence-electron chi connectivity index (χ1n) is 4.80. The molecule has 0 saturated carbocycles. The Bertz CT molecular complexity index is 308. The fraction of sp³-hybridized carbons (Fsp3) is 0.667. The highest BCUT2D eigenvalue weighted by atomic mass is 16.2. The molecule has 1 unspecified atom stereocenters. The fourth-order valence-corrected chi connectivity index (χ4v) is 1.21. The molecule has 0 radical (unpaired) electrons. The summed E-state index contributed by atoms with van der Waals surface area (Å²) in [5, 5.41) is 6.59. The van der Waals surface area contributed by atoms with Crippen LogP contribution in [0.5, 0.6) is 0 Å². The summed E-state index contributed by atoms with van der Waals surface area (Å²) in [5.74, 6) is 0.526. The van der Waals surface area contributed by atoms with Gasteiger partial charge in [0.2, 0.25) is 11.9 Å². The van der Waals surface area contributed by atoms with Crippen molar-refractivity contribution in [2.24, 2.45) is 13.0 Å². The van der Waals surface area contributed by atoms with Crippen LogP contribution in [0.3, 0.4) is 0 Å². The number of anilines is 1. The maximum Gasteiger partial charge on any atom is 0.229 e. The van der Waals surface area contributed by atoms with Crippen LogP contribution in [0, 0.1) is 5.92 Å². The van der Waals surface area contributed by atoms with Gasteiger partial charge in [0.05, 0.1) is 0 Å². The van der Waals surface area contributed by atoms with E-state index in [4.69, 9.17) is 0 Å². The monoisotopic (exact) mass is 196 g/mol. The second kappa shape index (κ2) is 4.74. The van der Waals surface area contributed by atoms with Gasteiger partial charge in [-0.3, -0.25) is 10.1 Å². The molecular weight excluding hydrogens is 180 g/mol. The number of hydrogen-bond donors (Lipinski definition) is 1. The number of nitrogens with zero attached hydrogens (tertiary/aromatic N) is 3. The molecule has 5 heteroatoms. The molecule has 0 bridgehead atoms. The number of rotatable bonds is 4. The minimum atomic E-state index is 0.00273. The Labute approximate surface area is 83.5 Å². The van der Waals surface area contributed by atoms with E-state index < -0.39 is 0 Å². The molecule has 0 spiro atoms. The molecule has 5 nitrogen and oxygen atoms in total. The zero-order valence-corrected chi connectivity index (χ0v) is 8.82. The Hall–Kier alpha value is -1.39. The van der Waals surface area contributed by atoms with Gasteiger partial charge in [0, 0.05) is 13.0 Å². The predicted molar refractivity (Wildman–Crippen MR) is 53.7 cm³/mol. The molecule has 14 heavy (non-hydrogen) atoms. The van der Waals surface area contributed by atoms with Crippen LogP contribution in [0.15, 0.2) is 6.33 Å². The summed E-state index contributed by atoms with van der Waals surface area (Å²) in [6, 6.07) is 0. The highest BCUT2D eigenvalue weighted by Gasteiger charge is 2.13. The van der Waals surface area contributed by atoms with Crippen molar-refractivity contribution >= 4 is 11.9 Å². The van der Waals surface area contributed by atoms with Gasteiger partial charge in [-0.1, -0.05) is 20.3 Å². The predicted octanol–water partition coefficient (Wildman–Crippen LogP) is 1.19. The largest absolute Gasteiger partial charge is 0.295 e. The molecule has 0 aliphatic rings. The minimum Gasteiger partial charge on any atom is -0.295 e. The number of nitrogens with one attached hydrogen (secondary N) is 1. The third-order valence-electron chi connectivity index (χ3n) is 2.12. The molecule has 1 atom stereocenters. The van der Waals surface area contributed by atoms with Crippen LogP contribution in [0.4, 0.5) is 5.95 Å². The van der Waals surface area contributed by atoms with Gasteiger partial charge in [-0.25, -0.2) is 4.68 Å². The van der Waals surface area contributed by atoms with Crippen LogP contribution in [0.2, 0.25) is 0 Å². The maximum absolute atomic E-state index is 11.6. The van der Waals surface area contributed by atoms with Crippen molar-refractivity contribution in [2.75, 3.05) is 5.32 Å². The zero-order valence-electron chi connectivity index (χ0n) is 8.82. The van der Waals surface area contributed by atoms with Gasteiger partial charge in [0.1, 0.15) is 6.33 Å². The smallest absolute Gasteiger partial charge is 0.229 e. The van der Waals surface area contributed by atoms with Crippen molar-refractivity contribution < 1.29 is 4.79 Å². The number of aryl methyl sites for hydroxylation is 1. The van der Waals surface area contributed by atoms with Gasteiger partial charge in [0.25, 0.3) is 0 Å². The third-order valence-corrected chi connectivity index (χ3v) is 2.12. The number of aromatic nitrogens is 3. The Kier molecular flexibility index (Phi) is 3.62. The highest BCUT2D eigenvalue weighted by molar-refractivity contribution is 5.90. The van der Waals surface area contributed by atoms with E-state index in [0.717, 1.165) is 12.8 Å². The summed E-state index contributed by atoms with van der Waals surface area (Å²) < 4.78 is 1.54. The van der Waals surface area contributed by atoms with E-state index in [1.165, 1.54) is 11.0 Å². The third kappa shape index (κ3) is 2.55. The van der Waals surface area contributed by atoms with Crippen LogP contribution in [-0.4, -0.2) is 20.7 Å². The summed E-state index contributed by atoms with van der Waals surface area (Å²) in [6.45, 7) is 3.97. The molecule has 0 aliphatic carbocycles. The molecule has 1 N–H and O–H groups in total. The van der Waals surface area contributed by atoms with Crippen molar-refractivity contribution in [3.8, 4) is 0 Å². The molecule has 1 amide bonds. The van der Waals surface area contributed by atoms with E-state index in [1.54, 1.807) is 7.05 Å².